The first-order chi connectivity index (χ1) is 10.0. The van der Waals surface area contributed by atoms with E-state index in [4.69, 9.17) is 39.5 Å². The van der Waals surface area contributed by atoms with E-state index < -0.39 is 0 Å². The number of halogens is 3. The quantitative estimate of drug-likeness (QED) is 0.772. The van der Waals surface area contributed by atoms with Crippen LogP contribution < -0.4 is 10.1 Å². The number of benzene rings is 2. The summed E-state index contributed by atoms with van der Waals surface area (Å²) in [6, 6.07) is 11.3. The van der Waals surface area contributed by atoms with Crippen molar-refractivity contribution in [1.82, 2.24) is 5.32 Å². The van der Waals surface area contributed by atoms with Crippen LogP contribution in [0, 0.1) is 0 Å². The molecule has 0 saturated carbocycles. The minimum absolute atomic E-state index is 0.235. The zero-order valence-electron chi connectivity index (χ0n) is 11.8. The molecule has 5 heteroatoms. The minimum Gasteiger partial charge on any atom is -0.487 e. The third-order valence-electron chi connectivity index (χ3n) is 3.28. The van der Waals surface area contributed by atoms with Crippen LogP contribution in [-0.4, -0.2) is 7.05 Å². The smallest absolute Gasteiger partial charge is 0.138 e. The monoisotopic (exact) mass is 343 g/mol. The molecule has 0 heterocycles. The van der Waals surface area contributed by atoms with Gasteiger partial charge in [-0.25, -0.2) is 0 Å². The molecule has 112 valence electrons. The van der Waals surface area contributed by atoms with Gasteiger partial charge in [0.25, 0.3) is 0 Å². The van der Waals surface area contributed by atoms with E-state index >= 15 is 0 Å². The lowest BCUT2D eigenvalue weighted by molar-refractivity contribution is 0.306. The second-order valence-corrected chi connectivity index (χ2v) is 5.98. The molecule has 0 aliphatic heterocycles. The summed E-state index contributed by atoms with van der Waals surface area (Å²) in [6.45, 7) is 2.39. The second-order valence-electron chi connectivity index (χ2n) is 4.72. The van der Waals surface area contributed by atoms with Gasteiger partial charge < -0.3 is 10.1 Å². The Morgan fingerprint density at radius 2 is 1.81 bits per heavy atom. The van der Waals surface area contributed by atoms with Crippen molar-refractivity contribution in [2.45, 2.75) is 19.6 Å². The summed E-state index contributed by atoms with van der Waals surface area (Å²) in [6.07, 6.45) is 0. The summed E-state index contributed by atoms with van der Waals surface area (Å²) >= 11 is 18.3. The Morgan fingerprint density at radius 1 is 1.05 bits per heavy atom. The van der Waals surface area contributed by atoms with Crippen LogP contribution in [0.5, 0.6) is 5.75 Å². The zero-order chi connectivity index (χ0) is 15.4. The Labute approximate surface area is 140 Å². The minimum atomic E-state index is 0.235. The maximum absolute atomic E-state index is 6.26. The van der Waals surface area contributed by atoms with Gasteiger partial charge in [0, 0.05) is 21.7 Å². The van der Waals surface area contributed by atoms with Crippen LogP contribution >= 0.6 is 34.8 Å². The molecule has 2 rings (SSSR count). The van der Waals surface area contributed by atoms with E-state index in [0.717, 1.165) is 11.1 Å². The lowest BCUT2D eigenvalue weighted by Crippen LogP contribution is -2.12. The lowest BCUT2D eigenvalue weighted by Gasteiger charge is -2.14. The third kappa shape index (κ3) is 4.27. The highest BCUT2D eigenvalue weighted by atomic mass is 35.5. The van der Waals surface area contributed by atoms with Gasteiger partial charge in [-0.1, -0.05) is 40.9 Å². The number of rotatable bonds is 5. The molecule has 1 N–H and O–H groups in total. The maximum Gasteiger partial charge on any atom is 0.138 e. The van der Waals surface area contributed by atoms with Gasteiger partial charge in [0.2, 0.25) is 0 Å². The maximum atomic E-state index is 6.26. The van der Waals surface area contributed by atoms with E-state index in [1.54, 1.807) is 18.2 Å². The molecule has 0 aliphatic carbocycles. The van der Waals surface area contributed by atoms with Gasteiger partial charge in [-0.15, -0.1) is 0 Å². The normalized spacial score (nSPS) is 12.2. The SMILES string of the molecule is CNC(C)c1ccc(OCc2cc(Cl)ccc2Cl)c(Cl)c1. The van der Waals surface area contributed by atoms with Crippen LogP contribution in [0.3, 0.4) is 0 Å². The van der Waals surface area contributed by atoms with Crippen LogP contribution in [0.15, 0.2) is 36.4 Å². The van der Waals surface area contributed by atoms with E-state index in [1.807, 2.05) is 25.2 Å². The van der Waals surface area contributed by atoms with Gasteiger partial charge in [-0.2, -0.15) is 0 Å². The van der Waals surface area contributed by atoms with Crippen molar-refractivity contribution in [3.8, 4) is 5.75 Å². The van der Waals surface area contributed by atoms with Crippen molar-refractivity contribution in [3.05, 3.63) is 62.6 Å². The van der Waals surface area contributed by atoms with Gasteiger partial charge in [0.15, 0.2) is 0 Å². The molecule has 0 aromatic heterocycles. The Kier molecular flexibility index (Phi) is 5.77. The zero-order valence-corrected chi connectivity index (χ0v) is 14.1. The topological polar surface area (TPSA) is 21.3 Å². The Hall–Kier alpha value is -0.930. The number of nitrogens with one attached hydrogen (secondary N) is 1. The first kappa shape index (κ1) is 16.4. The average Bonchev–Trinajstić information content (AvgIpc) is 2.48. The van der Waals surface area contributed by atoms with Crippen LogP contribution in [-0.2, 0) is 6.61 Å². The first-order valence-corrected chi connectivity index (χ1v) is 7.68. The molecule has 0 amide bonds. The highest BCUT2D eigenvalue weighted by Crippen LogP contribution is 2.29. The second kappa shape index (κ2) is 7.37. The van der Waals surface area contributed by atoms with Crippen molar-refractivity contribution in [2.75, 3.05) is 7.05 Å². The Bertz CT molecular complexity index is 631. The van der Waals surface area contributed by atoms with E-state index in [1.165, 1.54) is 0 Å². The summed E-state index contributed by atoms with van der Waals surface area (Å²) in [5.74, 6) is 0.625. The Balaban J connectivity index is 2.11. The van der Waals surface area contributed by atoms with Gasteiger partial charge >= 0.3 is 0 Å². The van der Waals surface area contributed by atoms with E-state index in [-0.39, 0.29) is 6.04 Å². The number of hydrogen-bond donors (Lipinski definition) is 1. The van der Waals surface area contributed by atoms with E-state index in [0.29, 0.717) is 27.4 Å². The highest BCUT2D eigenvalue weighted by Gasteiger charge is 2.09. The molecule has 0 fully saturated rings. The highest BCUT2D eigenvalue weighted by molar-refractivity contribution is 6.33. The molecule has 2 aromatic carbocycles. The van der Waals surface area contributed by atoms with Gasteiger partial charge in [0.05, 0.1) is 5.02 Å². The fraction of sp³-hybridized carbons (Fsp3) is 0.250. The molecular weight excluding hydrogens is 329 g/mol. The molecule has 0 saturated heterocycles. The van der Waals surface area contributed by atoms with Gasteiger partial charge in [-0.05, 0) is 49.9 Å². The molecule has 1 unspecified atom stereocenters. The summed E-state index contributed by atoms with van der Waals surface area (Å²) in [4.78, 5) is 0. The molecule has 21 heavy (non-hydrogen) atoms. The molecule has 2 aromatic rings. The van der Waals surface area contributed by atoms with Crippen LogP contribution in [0.4, 0.5) is 0 Å². The van der Waals surface area contributed by atoms with Crippen LogP contribution in [0.2, 0.25) is 15.1 Å². The fourth-order valence-corrected chi connectivity index (χ4v) is 2.49. The van der Waals surface area contributed by atoms with Crippen molar-refractivity contribution >= 4 is 34.8 Å². The van der Waals surface area contributed by atoms with Crippen LogP contribution in [0.1, 0.15) is 24.1 Å². The molecule has 0 spiro atoms. The summed E-state index contributed by atoms with van der Waals surface area (Å²) in [5.41, 5.74) is 1.93. The third-order valence-corrected chi connectivity index (χ3v) is 4.18. The fourth-order valence-electron chi connectivity index (χ4n) is 1.88. The predicted molar refractivity (Wildman–Crippen MR) is 89.7 cm³/mol. The first-order valence-electron chi connectivity index (χ1n) is 6.54. The molecule has 0 bridgehead atoms. The Morgan fingerprint density at radius 3 is 2.48 bits per heavy atom. The molecular formula is C16H16Cl3NO. The average molecular weight is 345 g/mol. The van der Waals surface area contributed by atoms with Gasteiger partial charge in [0.1, 0.15) is 12.4 Å². The standard InChI is InChI=1S/C16H16Cl3NO/c1-10(20-2)11-3-6-16(15(19)8-11)21-9-12-7-13(17)4-5-14(12)18/h3-8,10,20H,9H2,1-2H3. The largest absolute Gasteiger partial charge is 0.487 e. The molecule has 2 nitrogen and oxygen atoms in total. The summed E-state index contributed by atoms with van der Waals surface area (Å²) < 4.78 is 5.73. The predicted octanol–water partition coefficient (Wildman–Crippen LogP) is 5.51. The molecule has 0 radical (unpaired) electrons. The van der Waals surface area contributed by atoms with Gasteiger partial charge in [-0.3, -0.25) is 0 Å². The van der Waals surface area contributed by atoms with Crippen LogP contribution in [0.25, 0.3) is 0 Å². The summed E-state index contributed by atoms with van der Waals surface area (Å²) in [7, 11) is 1.91. The van der Waals surface area contributed by atoms with Crippen molar-refractivity contribution in [3.63, 3.8) is 0 Å². The van der Waals surface area contributed by atoms with E-state index in [2.05, 4.69) is 12.2 Å². The van der Waals surface area contributed by atoms with Crippen molar-refractivity contribution in [2.24, 2.45) is 0 Å². The van der Waals surface area contributed by atoms with E-state index in [9.17, 15) is 0 Å². The van der Waals surface area contributed by atoms with Crippen molar-refractivity contribution in [1.29, 1.82) is 0 Å². The molecule has 1 atom stereocenters. The number of hydrogen-bond acceptors (Lipinski definition) is 2. The summed E-state index contributed by atoms with van der Waals surface area (Å²) in [5, 5.41) is 4.99. The number of ether oxygens (including phenoxy) is 1. The lowest BCUT2D eigenvalue weighted by atomic mass is 10.1. The van der Waals surface area contributed by atoms with Crippen molar-refractivity contribution < 1.29 is 4.74 Å². The molecule has 0 aliphatic rings.